The summed E-state index contributed by atoms with van der Waals surface area (Å²) in [4.78, 5) is 17.7. The summed E-state index contributed by atoms with van der Waals surface area (Å²) in [5.41, 5.74) is 6.40. The maximum absolute atomic E-state index is 12.7. The molecular formula is C37H49ClN4O2. The van der Waals surface area contributed by atoms with Gasteiger partial charge in [-0.25, -0.2) is 0 Å². The summed E-state index contributed by atoms with van der Waals surface area (Å²) in [5, 5.41) is 16.1. The average Bonchev–Trinajstić information content (AvgIpc) is 3.63. The van der Waals surface area contributed by atoms with E-state index in [1.54, 1.807) is 0 Å². The minimum Gasteiger partial charge on any atom is -0.480 e. The van der Waals surface area contributed by atoms with Crippen molar-refractivity contribution in [2.24, 2.45) is 11.8 Å². The van der Waals surface area contributed by atoms with Crippen LogP contribution >= 0.6 is 11.6 Å². The zero-order chi connectivity index (χ0) is 30.6. The van der Waals surface area contributed by atoms with Crippen molar-refractivity contribution in [3.8, 4) is 0 Å². The zero-order valence-electron chi connectivity index (χ0n) is 26.5. The number of halogens is 1. The summed E-state index contributed by atoms with van der Waals surface area (Å²) in [6.07, 6.45) is 8.79. The van der Waals surface area contributed by atoms with E-state index in [0.717, 1.165) is 82.1 Å². The molecule has 3 heterocycles. The van der Waals surface area contributed by atoms with E-state index in [0.29, 0.717) is 17.8 Å². The lowest BCUT2D eigenvalue weighted by Gasteiger charge is -2.35. The molecule has 44 heavy (non-hydrogen) atoms. The molecule has 2 saturated heterocycles. The van der Waals surface area contributed by atoms with Gasteiger partial charge >= 0.3 is 5.97 Å². The molecule has 6 nitrogen and oxygen atoms in total. The van der Waals surface area contributed by atoms with E-state index in [2.05, 4.69) is 70.8 Å². The van der Waals surface area contributed by atoms with Gasteiger partial charge < -0.3 is 10.0 Å². The number of aryl methyl sites for hydroxylation is 2. The van der Waals surface area contributed by atoms with Crippen molar-refractivity contribution in [2.75, 3.05) is 32.7 Å². The van der Waals surface area contributed by atoms with Crippen molar-refractivity contribution in [1.29, 1.82) is 0 Å². The molecule has 0 amide bonds. The summed E-state index contributed by atoms with van der Waals surface area (Å²) < 4.78 is 2.21. The topological polar surface area (TPSA) is 61.6 Å². The zero-order valence-corrected chi connectivity index (χ0v) is 27.3. The minimum absolute atomic E-state index is 0.280. The normalized spacial score (nSPS) is 23.2. The van der Waals surface area contributed by atoms with Crippen LogP contribution in [0.4, 0.5) is 0 Å². The van der Waals surface area contributed by atoms with E-state index in [-0.39, 0.29) is 12.0 Å². The second kappa shape index (κ2) is 14.2. The van der Waals surface area contributed by atoms with Gasteiger partial charge in [-0.3, -0.25) is 14.4 Å². The number of carboxylic acid groups (broad SMARTS) is 1. The molecule has 0 bridgehead atoms. The van der Waals surface area contributed by atoms with Crippen molar-refractivity contribution in [1.82, 2.24) is 19.6 Å². The third-order valence-electron chi connectivity index (χ3n) is 10.6. The second-order valence-corrected chi connectivity index (χ2v) is 14.1. The number of hydrogen-bond donors (Lipinski definition) is 1. The number of nitrogens with zero attached hydrogens (tertiary/aromatic N) is 4. The Labute approximate surface area is 268 Å². The maximum atomic E-state index is 12.7. The number of carbonyl (C=O) groups is 1. The van der Waals surface area contributed by atoms with Crippen LogP contribution in [0.1, 0.15) is 91.8 Å². The van der Waals surface area contributed by atoms with Crippen LogP contribution < -0.4 is 0 Å². The van der Waals surface area contributed by atoms with Crippen LogP contribution in [0.5, 0.6) is 0 Å². The van der Waals surface area contributed by atoms with Crippen molar-refractivity contribution >= 4 is 17.6 Å². The molecule has 3 fully saturated rings. The van der Waals surface area contributed by atoms with Gasteiger partial charge in [0, 0.05) is 55.2 Å². The number of carboxylic acids is 1. The number of hydrogen-bond acceptors (Lipinski definition) is 4. The first-order valence-electron chi connectivity index (χ1n) is 16.9. The van der Waals surface area contributed by atoms with Crippen molar-refractivity contribution in [2.45, 2.75) is 89.6 Å². The lowest BCUT2D eigenvalue weighted by atomic mass is 9.83. The first kappa shape index (κ1) is 31.3. The fourth-order valence-electron chi connectivity index (χ4n) is 8.41. The summed E-state index contributed by atoms with van der Waals surface area (Å²) in [6.45, 7) is 10.2. The SMILES string of the molecule is CCn1nc(Cc2ccc(Cl)cc2)cc1C1CCN(CC2CN(C(C(=O)O)C3CCCCC3)CC2c2cccc(C)c2)CC1. The Balaban J connectivity index is 1.13. The van der Waals surface area contributed by atoms with E-state index in [4.69, 9.17) is 16.7 Å². The van der Waals surface area contributed by atoms with Gasteiger partial charge in [-0.05, 0) is 93.8 Å². The van der Waals surface area contributed by atoms with Crippen LogP contribution in [0.25, 0.3) is 0 Å². The molecule has 0 spiro atoms. The highest BCUT2D eigenvalue weighted by molar-refractivity contribution is 6.30. The molecule has 7 heteroatoms. The third-order valence-corrected chi connectivity index (χ3v) is 10.9. The Hall–Kier alpha value is -2.67. The van der Waals surface area contributed by atoms with Crippen molar-refractivity contribution in [3.63, 3.8) is 0 Å². The van der Waals surface area contributed by atoms with Gasteiger partial charge in [0.2, 0.25) is 0 Å². The highest BCUT2D eigenvalue weighted by atomic mass is 35.5. The summed E-state index contributed by atoms with van der Waals surface area (Å²) in [6, 6.07) is 19.0. The predicted octanol–water partition coefficient (Wildman–Crippen LogP) is 7.38. The monoisotopic (exact) mass is 616 g/mol. The molecule has 1 aromatic heterocycles. The number of aliphatic carboxylic acids is 1. The van der Waals surface area contributed by atoms with Crippen LogP contribution in [0.3, 0.4) is 0 Å². The second-order valence-electron chi connectivity index (χ2n) is 13.7. The number of likely N-dealkylation sites (tertiary alicyclic amines) is 2. The third kappa shape index (κ3) is 7.24. The predicted molar refractivity (Wildman–Crippen MR) is 178 cm³/mol. The molecule has 6 rings (SSSR count). The van der Waals surface area contributed by atoms with Gasteiger partial charge in [-0.15, -0.1) is 0 Å². The van der Waals surface area contributed by atoms with E-state index in [9.17, 15) is 9.90 Å². The molecule has 2 aliphatic heterocycles. The van der Waals surface area contributed by atoms with Crippen LogP contribution in [0.15, 0.2) is 54.6 Å². The van der Waals surface area contributed by atoms with Gasteiger partial charge in [0.15, 0.2) is 0 Å². The molecule has 1 saturated carbocycles. The largest absolute Gasteiger partial charge is 0.480 e. The smallest absolute Gasteiger partial charge is 0.321 e. The van der Waals surface area contributed by atoms with Crippen LogP contribution in [-0.4, -0.2) is 69.4 Å². The molecule has 1 aliphatic carbocycles. The van der Waals surface area contributed by atoms with Crippen molar-refractivity contribution in [3.05, 3.63) is 87.7 Å². The molecule has 3 atom stereocenters. The molecule has 3 aromatic rings. The van der Waals surface area contributed by atoms with Crippen LogP contribution in [0.2, 0.25) is 5.02 Å². The maximum Gasteiger partial charge on any atom is 0.321 e. The molecular weight excluding hydrogens is 568 g/mol. The number of piperidine rings is 1. The van der Waals surface area contributed by atoms with E-state index < -0.39 is 5.97 Å². The minimum atomic E-state index is -0.621. The van der Waals surface area contributed by atoms with Gasteiger partial charge in [-0.2, -0.15) is 5.10 Å². The lowest BCUT2D eigenvalue weighted by molar-refractivity contribution is -0.145. The first-order chi connectivity index (χ1) is 21.4. The van der Waals surface area contributed by atoms with Crippen LogP contribution in [0, 0.1) is 18.8 Å². The van der Waals surface area contributed by atoms with Gasteiger partial charge in [0.05, 0.1) is 5.69 Å². The van der Waals surface area contributed by atoms with Crippen LogP contribution in [-0.2, 0) is 17.8 Å². The molecule has 3 aliphatic rings. The summed E-state index contributed by atoms with van der Waals surface area (Å²) >= 11 is 6.09. The lowest BCUT2D eigenvalue weighted by Crippen LogP contribution is -2.46. The Bertz CT molecular complexity index is 1390. The number of benzene rings is 2. The number of aromatic nitrogens is 2. The fraction of sp³-hybridized carbons (Fsp3) is 0.568. The van der Waals surface area contributed by atoms with E-state index >= 15 is 0 Å². The Morgan fingerprint density at radius 2 is 1.75 bits per heavy atom. The average molecular weight is 617 g/mol. The Morgan fingerprint density at radius 3 is 2.43 bits per heavy atom. The quantitative estimate of drug-likeness (QED) is 0.257. The standard InChI is InChI=1S/C37H49ClN4O2/c1-3-42-35(22-33(39-42)21-27-12-14-32(38)15-13-27)28-16-18-40(19-17-28)23-31-24-41(25-34(31)30-11-7-8-26(2)20-30)36(37(43)44)29-9-5-4-6-10-29/h7-8,11-15,20,22,28-29,31,34,36H,3-6,9-10,16-19,21,23-25H2,1-2H3,(H,43,44). The number of rotatable bonds is 10. The molecule has 3 unspecified atom stereocenters. The summed E-state index contributed by atoms with van der Waals surface area (Å²) in [7, 11) is 0. The summed E-state index contributed by atoms with van der Waals surface area (Å²) in [5.74, 6) is 0.986. The van der Waals surface area contributed by atoms with Gasteiger partial charge in [0.1, 0.15) is 6.04 Å². The Kier molecular flexibility index (Phi) is 10.1. The fourth-order valence-corrected chi connectivity index (χ4v) is 8.54. The molecule has 2 aromatic carbocycles. The van der Waals surface area contributed by atoms with Gasteiger partial charge in [0.25, 0.3) is 0 Å². The highest BCUT2D eigenvalue weighted by Crippen LogP contribution is 2.39. The molecule has 0 radical (unpaired) electrons. The Morgan fingerprint density at radius 1 is 1.00 bits per heavy atom. The van der Waals surface area contributed by atoms with E-state index in [1.165, 1.54) is 41.6 Å². The van der Waals surface area contributed by atoms with Gasteiger partial charge in [-0.1, -0.05) is 72.8 Å². The first-order valence-corrected chi connectivity index (χ1v) is 17.3. The molecule has 236 valence electrons. The van der Waals surface area contributed by atoms with E-state index in [1.807, 2.05) is 12.1 Å². The van der Waals surface area contributed by atoms with Crippen molar-refractivity contribution < 1.29 is 9.90 Å². The molecule has 1 N–H and O–H groups in total. The highest BCUT2D eigenvalue weighted by Gasteiger charge is 2.43.